The molecule has 0 bridgehead atoms. The lowest BCUT2D eigenvalue weighted by Gasteiger charge is -2.21. The average molecular weight is 384 g/mol. The number of amides is 2. The number of anilines is 1. The van der Waals surface area contributed by atoms with E-state index in [0.717, 1.165) is 22.4 Å². The fraction of sp³-hybridized carbons (Fsp3) is 0.364. The van der Waals surface area contributed by atoms with Crippen molar-refractivity contribution in [3.63, 3.8) is 0 Å². The summed E-state index contributed by atoms with van der Waals surface area (Å²) >= 11 is 0. The lowest BCUT2D eigenvalue weighted by atomic mass is 10.1. The van der Waals surface area contributed by atoms with Crippen molar-refractivity contribution in [1.29, 1.82) is 0 Å². The maximum atomic E-state index is 12.3. The minimum atomic E-state index is -0.120. The van der Waals surface area contributed by atoms with Gasteiger partial charge < -0.3 is 19.7 Å². The highest BCUT2D eigenvalue weighted by Gasteiger charge is 2.14. The van der Waals surface area contributed by atoms with E-state index in [0.29, 0.717) is 24.6 Å². The summed E-state index contributed by atoms with van der Waals surface area (Å²) in [5.41, 5.74) is 3.86. The van der Waals surface area contributed by atoms with Gasteiger partial charge in [0, 0.05) is 32.1 Å². The van der Waals surface area contributed by atoms with Gasteiger partial charge in [-0.1, -0.05) is 23.8 Å². The third kappa shape index (κ3) is 5.74. The van der Waals surface area contributed by atoms with Crippen LogP contribution in [-0.4, -0.2) is 37.5 Å². The van der Waals surface area contributed by atoms with Crippen molar-refractivity contribution in [3.8, 4) is 11.5 Å². The number of nitrogens with one attached hydrogen (secondary N) is 1. The number of nitrogens with zero attached hydrogens (tertiary/aromatic N) is 1. The lowest BCUT2D eigenvalue weighted by Crippen LogP contribution is -2.31. The first-order chi connectivity index (χ1) is 13.3. The van der Waals surface area contributed by atoms with Gasteiger partial charge in [0.25, 0.3) is 0 Å². The smallest absolute Gasteiger partial charge is 0.226 e. The van der Waals surface area contributed by atoms with E-state index in [4.69, 9.17) is 9.47 Å². The summed E-state index contributed by atoms with van der Waals surface area (Å²) in [6.07, 6.45) is 0.222. The fourth-order valence-electron chi connectivity index (χ4n) is 2.95. The molecule has 150 valence electrons. The van der Waals surface area contributed by atoms with Gasteiger partial charge >= 0.3 is 0 Å². The first-order valence-corrected chi connectivity index (χ1v) is 9.17. The van der Waals surface area contributed by atoms with Gasteiger partial charge in [0.1, 0.15) is 0 Å². The number of benzene rings is 2. The van der Waals surface area contributed by atoms with Gasteiger partial charge in [-0.15, -0.1) is 0 Å². The number of hydrogen-bond donors (Lipinski definition) is 1. The maximum Gasteiger partial charge on any atom is 0.226 e. The maximum absolute atomic E-state index is 12.3. The number of aryl methyl sites for hydroxylation is 2. The molecule has 2 aromatic carbocycles. The van der Waals surface area contributed by atoms with Gasteiger partial charge in [-0.3, -0.25) is 9.59 Å². The Bertz CT molecular complexity index is 848. The molecule has 0 aromatic heterocycles. The molecule has 0 unspecified atom stereocenters. The van der Waals surface area contributed by atoms with E-state index < -0.39 is 0 Å². The first-order valence-electron chi connectivity index (χ1n) is 9.17. The lowest BCUT2D eigenvalue weighted by molar-refractivity contribution is -0.129. The quantitative estimate of drug-likeness (QED) is 0.754. The van der Waals surface area contributed by atoms with Crippen LogP contribution >= 0.6 is 0 Å². The Morgan fingerprint density at radius 1 is 1.00 bits per heavy atom. The van der Waals surface area contributed by atoms with Gasteiger partial charge in [0.05, 0.1) is 14.2 Å². The summed E-state index contributed by atoms with van der Waals surface area (Å²) in [5, 5.41) is 2.92. The third-order valence-electron chi connectivity index (χ3n) is 4.53. The van der Waals surface area contributed by atoms with Crippen LogP contribution in [0.5, 0.6) is 11.5 Å². The molecule has 2 amide bonds. The molecule has 2 rings (SSSR count). The molecule has 0 saturated carbocycles. The molecule has 0 aliphatic rings. The Morgan fingerprint density at radius 2 is 1.71 bits per heavy atom. The minimum absolute atomic E-state index is 0.0888. The predicted molar refractivity (Wildman–Crippen MR) is 110 cm³/mol. The molecule has 0 spiro atoms. The van der Waals surface area contributed by atoms with Gasteiger partial charge in [0.15, 0.2) is 11.5 Å². The standard InChI is InChI=1S/C22H28N2O4/c1-15-6-8-19(16(2)12-15)23-22(26)10-11-24(17(3)25)14-18-7-9-20(27-4)21(13-18)28-5/h6-9,12-13H,10-11,14H2,1-5H3,(H,23,26). The number of methoxy groups -OCH3 is 2. The molecule has 0 atom stereocenters. The van der Waals surface area contributed by atoms with Crippen molar-refractivity contribution >= 4 is 17.5 Å². The zero-order valence-electron chi connectivity index (χ0n) is 17.2. The van der Waals surface area contributed by atoms with Crippen LogP contribution in [0.3, 0.4) is 0 Å². The number of carbonyl (C=O) groups is 2. The molecule has 0 heterocycles. The van der Waals surface area contributed by atoms with Crippen LogP contribution in [0.2, 0.25) is 0 Å². The molecule has 0 aliphatic carbocycles. The van der Waals surface area contributed by atoms with E-state index in [1.807, 2.05) is 44.2 Å². The molecule has 1 N–H and O–H groups in total. The molecular formula is C22H28N2O4. The number of ether oxygens (including phenoxy) is 2. The van der Waals surface area contributed by atoms with E-state index in [-0.39, 0.29) is 18.2 Å². The normalized spacial score (nSPS) is 10.3. The number of hydrogen-bond acceptors (Lipinski definition) is 4. The van der Waals surface area contributed by atoms with Gasteiger partial charge in [-0.05, 0) is 43.2 Å². The largest absolute Gasteiger partial charge is 0.493 e. The van der Waals surface area contributed by atoms with Crippen LogP contribution in [0.1, 0.15) is 30.0 Å². The van der Waals surface area contributed by atoms with E-state index in [2.05, 4.69) is 5.32 Å². The van der Waals surface area contributed by atoms with Crippen molar-refractivity contribution in [1.82, 2.24) is 4.90 Å². The molecule has 28 heavy (non-hydrogen) atoms. The highest BCUT2D eigenvalue weighted by molar-refractivity contribution is 5.91. The summed E-state index contributed by atoms with van der Waals surface area (Å²) in [5.74, 6) is 1.03. The van der Waals surface area contributed by atoms with Crippen LogP contribution in [-0.2, 0) is 16.1 Å². The van der Waals surface area contributed by atoms with Crippen LogP contribution in [0, 0.1) is 13.8 Å². The zero-order valence-corrected chi connectivity index (χ0v) is 17.2. The Hall–Kier alpha value is -3.02. The van der Waals surface area contributed by atoms with Crippen LogP contribution in [0.25, 0.3) is 0 Å². The van der Waals surface area contributed by atoms with Crippen molar-refractivity contribution in [3.05, 3.63) is 53.1 Å². The summed E-state index contributed by atoms with van der Waals surface area (Å²) in [6.45, 7) is 6.20. The second-order valence-corrected chi connectivity index (χ2v) is 6.75. The molecule has 0 radical (unpaired) electrons. The molecule has 2 aromatic rings. The van der Waals surface area contributed by atoms with Gasteiger partial charge in [-0.25, -0.2) is 0 Å². The van der Waals surface area contributed by atoms with Crippen LogP contribution < -0.4 is 14.8 Å². The molecular weight excluding hydrogens is 356 g/mol. The molecule has 0 saturated heterocycles. The highest BCUT2D eigenvalue weighted by Crippen LogP contribution is 2.28. The number of rotatable bonds is 8. The first kappa shape index (κ1) is 21.3. The monoisotopic (exact) mass is 384 g/mol. The second-order valence-electron chi connectivity index (χ2n) is 6.75. The second kappa shape index (κ2) is 9.78. The van der Waals surface area contributed by atoms with Crippen LogP contribution in [0.4, 0.5) is 5.69 Å². The molecule has 0 fully saturated rings. The average Bonchev–Trinajstić information content (AvgIpc) is 2.66. The van der Waals surface area contributed by atoms with Crippen molar-refractivity contribution in [2.45, 2.75) is 33.7 Å². The topological polar surface area (TPSA) is 67.9 Å². The van der Waals surface area contributed by atoms with Gasteiger partial charge in [0.2, 0.25) is 11.8 Å². The van der Waals surface area contributed by atoms with E-state index in [1.54, 1.807) is 25.2 Å². The van der Waals surface area contributed by atoms with Crippen molar-refractivity contribution < 1.29 is 19.1 Å². The van der Waals surface area contributed by atoms with Crippen molar-refractivity contribution in [2.75, 3.05) is 26.1 Å². The summed E-state index contributed by atoms with van der Waals surface area (Å²) in [6, 6.07) is 11.4. The van der Waals surface area contributed by atoms with E-state index in [9.17, 15) is 9.59 Å². The minimum Gasteiger partial charge on any atom is -0.493 e. The summed E-state index contributed by atoms with van der Waals surface area (Å²) < 4.78 is 10.5. The Labute approximate surface area is 166 Å². The summed E-state index contributed by atoms with van der Waals surface area (Å²) in [7, 11) is 3.15. The predicted octanol–water partition coefficient (Wildman–Crippen LogP) is 3.70. The third-order valence-corrected chi connectivity index (χ3v) is 4.53. The van der Waals surface area contributed by atoms with Crippen LogP contribution in [0.15, 0.2) is 36.4 Å². The SMILES string of the molecule is COc1ccc(CN(CCC(=O)Nc2ccc(C)cc2C)C(C)=O)cc1OC. The van der Waals surface area contributed by atoms with E-state index >= 15 is 0 Å². The number of carbonyl (C=O) groups excluding carboxylic acids is 2. The Morgan fingerprint density at radius 3 is 2.32 bits per heavy atom. The van der Waals surface area contributed by atoms with Crippen molar-refractivity contribution in [2.24, 2.45) is 0 Å². The fourth-order valence-corrected chi connectivity index (χ4v) is 2.95. The Balaban J connectivity index is 1.99. The Kier molecular flexibility index (Phi) is 7.44. The van der Waals surface area contributed by atoms with Gasteiger partial charge in [-0.2, -0.15) is 0 Å². The zero-order chi connectivity index (χ0) is 20.7. The highest BCUT2D eigenvalue weighted by atomic mass is 16.5. The summed E-state index contributed by atoms with van der Waals surface area (Å²) in [4.78, 5) is 26.0. The molecule has 6 nitrogen and oxygen atoms in total. The molecule has 0 aliphatic heterocycles. The molecule has 6 heteroatoms. The van der Waals surface area contributed by atoms with E-state index in [1.165, 1.54) is 6.92 Å².